The van der Waals surface area contributed by atoms with Gasteiger partial charge in [0.15, 0.2) is 11.9 Å². The Morgan fingerprint density at radius 3 is 2.42 bits per heavy atom. The van der Waals surface area contributed by atoms with E-state index in [9.17, 15) is 24.3 Å². The molecule has 0 spiro atoms. The molecular formula is C29H21N3O8. The Bertz CT molecular complexity index is 1570. The first kappa shape index (κ1) is 27.2. The molecule has 3 aromatic carbocycles. The van der Waals surface area contributed by atoms with Crippen LogP contribution in [0.5, 0.6) is 5.75 Å². The molecule has 1 aliphatic heterocycles. The van der Waals surface area contributed by atoms with E-state index in [2.05, 4.69) is 22.5 Å². The highest BCUT2D eigenvalue weighted by Gasteiger charge is 2.26. The smallest absolute Gasteiger partial charge is 0.488 e. The maximum Gasteiger partial charge on any atom is 0.508 e. The number of carbonyl (C=O) groups excluding carboxylic acids is 3. The number of carbonyl (C=O) groups is 4. The number of cyclic esters (lactones) is 2. The Morgan fingerprint density at radius 1 is 0.975 bits per heavy atom. The number of hydrogen-bond donors (Lipinski definition) is 3. The number of Topliss-reactive ketones (excluding diaryl/α,β-unsaturated/α-hetero) is 1. The zero-order valence-corrected chi connectivity index (χ0v) is 20.8. The highest BCUT2D eigenvalue weighted by atomic mass is 16.8. The van der Waals surface area contributed by atoms with E-state index in [0.717, 1.165) is 0 Å². The van der Waals surface area contributed by atoms with Crippen molar-refractivity contribution >= 4 is 35.3 Å². The minimum absolute atomic E-state index is 0.0104. The summed E-state index contributed by atoms with van der Waals surface area (Å²) in [4.78, 5) is 48.1. The van der Waals surface area contributed by atoms with Gasteiger partial charge in [-0.2, -0.15) is 5.26 Å². The van der Waals surface area contributed by atoms with Crippen LogP contribution in [0.3, 0.4) is 0 Å². The van der Waals surface area contributed by atoms with Gasteiger partial charge in [0.1, 0.15) is 19.0 Å². The molecule has 3 aromatic rings. The number of nitrogens with one attached hydrogen (secondary N) is 2. The van der Waals surface area contributed by atoms with Crippen LogP contribution in [0.15, 0.2) is 66.7 Å². The third-order valence-corrected chi connectivity index (χ3v) is 5.46. The van der Waals surface area contributed by atoms with E-state index < -0.39 is 36.5 Å². The average molecular weight is 540 g/mol. The molecule has 2 amide bonds. The Morgan fingerprint density at radius 2 is 1.73 bits per heavy atom. The Kier molecular flexibility index (Phi) is 8.60. The molecule has 0 saturated carbocycles. The lowest BCUT2D eigenvalue weighted by Gasteiger charge is -2.16. The topological polar surface area (TPSA) is 164 Å². The molecule has 1 aliphatic rings. The first-order valence-corrected chi connectivity index (χ1v) is 11.8. The van der Waals surface area contributed by atoms with E-state index in [0.29, 0.717) is 5.56 Å². The van der Waals surface area contributed by atoms with Gasteiger partial charge in [0.05, 0.1) is 35.0 Å². The number of anilines is 2. The second-order valence-corrected chi connectivity index (χ2v) is 8.39. The first-order chi connectivity index (χ1) is 19.3. The molecule has 3 N–H and O–H groups in total. The van der Waals surface area contributed by atoms with Crippen LogP contribution in [-0.4, -0.2) is 48.4 Å². The standard InChI is InChI=1S/C29H21N3O8/c30-15-19-7-4-8-20(11-19)25(33)14-27(34)31-23-12-21(10-9-18-5-2-1-3-6-18)26(13-24(23)32-28(35)36)38-16-22-17-39-29(37)40-22/h1-8,11-13,22,32H,14,16-17H2,(H,31,34)(H,35,36). The number of amides is 2. The van der Waals surface area contributed by atoms with Crippen LogP contribution in [0.2, 0.25) is 0 Å². The molecule has 1 heterocycles. The third-order valence-electron chi connectivity index (χ3n) is 5.46. The summed E-state index contributed by atoms with van der Waals surface area (Å²) >= 11 is 0. The van der Waals surface area contributed by atoms with Crippen molar-refractivity contribution in [2.24, 2.45) is 0 Å². The van der Waals surface area contributed by atoms with Crippen molar-refractivity contribution in [3.05, 3.63) is 89.0 Å². The molecule has 0 radical (unpaired) electrons. The first-order valence-electron chi connectivity index (χ1n) is 11.8. The van der Waals surface area contributed by atoms with Gasteiger partial charge in [0.25, 0.3) is 0 Å². The van der Waals surface area contributed by atoms with Crippen molar-refractivity contribution in [1.29, 1.82) is 5.26 Å². The molecular weight excluding hydrogens is 518 g/mol. The van der Waals surface area contributed by atoms with E-state index >= 15 is 0 Å². The summed E-state index contributed by atoms with van der Waals surface area (Å²) in [7, 11) is 0. The molecule has 1 unspecified atom stereocenters. The lowest BCUT2D eigenvalue weighted by atomic mass is 10.1. The minimum Gasteiger partial charge on any atom is -0.488 e. The highest BCUT2D eigenvalue weighted by molar-refractivity contribution is 6.12. The molecule has 0 bridgehead atoms. The van der Waals surface area contributed by atoms with Gasteiger partial charge in [-0.15, -0.1) is 0 Å². The molecule has 0 aromatic heterocycles. The number of nitriles is 1. The lowest BCUT2D eigenvalue weighted by molar-refractivity contribution is -0.115. The zero-order valence-electron chi connectivity index (χ0n) is 20.8. The van der Waals surface area contributed by atoms with Crippen molar-refractivity contribution in [3.63, 3.8) is 0 Å². The van der Waals surface area contributed by atoms with Crippen molar-refractivity contribution in [2.75, 3.05) is 23.8 Å². The number of ether oxygens (including phenoxy) is 3. The largest absolute Gasteiger partial charge is 0.508 e. The summed E-state index contributed by atoms with van der Waals surface area (Å²) in [5.41, 5.74) is 1.43. The van der Waals surface area contributed by atoms with Gasteiger partial charge in [-0.1, -0.05) is 42.2 Å². The third kappa shape index (κ3) is 7.37. The Hall–Kier alpha value is -5.81. The van der Waals surface area contributed by atoms with E-state index in [1.54, 1.807) is 12.1 Å². The van der Waals surface area contributed by atoms with Gasteiger partial charge in [0, 0.05) is 17.2 Å². The van der Waals surface area contributed by atoms with Crippen LogP contribution in [0.4, 0.5) is 21.0 Å². The van der Waals surface area contributed by atoms with Crippen LogP contribution < -0.4 is 15.4 Å². The van der Waals surface area contributed by atoms with Gasteiger partial charge in [-0.3, -0.25) is 14.9 Å². The number of benzene rings is 3. The minimum atomic E-state index is -1.41. The fourth-order valence-electron chi connectivity index (χ4n) is 3.61. The second-order valence-electron chi connectivity index (χ2n) is 8.39. The zero-order chi connectivity index (χ0) is 28.5. The molecule has 1 atom stereocenters. The molecule has 40 heavy (non-hydrogen) atoms. The van der Waals surface area contributed by atoms with E-state index in [-0.39, 0.29) is 47.0 Å². The summed E-state index contributed by atoms with van der Waals surface area (Å²) in [6.07, 6.45) is -3.47. The molecule has 4 rings (SSSR count). The number of nitrogens with zero attached hydrogens (tertiary/aromatic N) is 1. The molecule has 200 valence electrons. The second kappa shape index (κ2) is 12.6. The maximum absolute atomic E-state index is 12.8. The van der Waals surface area contributed by atoms with Crippen LogP contribution in [-0.2, 0) is 14.3 Å². The number of hydrogen-bond acceptors (Lipinski definition) is 8. The van der Waals surface area contributed by atoms with E-state index in [1.165, 1.54) is 36.4 Å². The van der Waals surface area contributed by atoms with Gasteiger partial charge in [-0.25, -0.2) is 9.59 Å². The van der Waals surface area contributed by atoms with Crippen LogP contribution >= 0.6 is 0 Å². The normalized spacial score (nSPS) is 13.5. The Balaban J connectivity index is 1.62. The van der Waals surface area contributed by atoms with Crippen LogP contribution in [0.25, 0.3) is 0 Å². The van der Waals surface area contributed by atoms with Gasteiger partial charge < -0.3 is 24.6 Å². The fourth-order valence-corrected chi connectivity index (χ4v) is 3.61. The van der Waals surface area contributed by atoms with Crippen LogP contribution in [0.1, 0.15) is 33.5 Å². The maximum atomic E-state index is 12.8. The molecule has 0 aliphatic carbocycles. The fraction of sp³-hybridized carbons (Fsp3) is 0.138. The van der Waals surface area contributed by atoms with Gasteiger partial charge >= 0.3 is 12.2 Å². The number of rotatable bonds is 8. The van der Waals surface area contributed by atoms with Crippen molar-refractivity contribution in [2.45, 2.75) is 12.5 Å². The van der Waals surface area contributed by atoms with Gasteiger partial charge in [-0.05, 0) is 30.3 Å². The van der Waals surface area contributed by atoms with Crippen molar-refractivity contribution in [1.82, 2.24) is 0 Å². The van der Waals surface area contributed by atoms with Gasteiger partial charge in [0.2, 0.25) is 5.91 Å². The van der Waals surface area contributed by atoms with Crippen LogP contribution in [0, 0.1) is 23.2 Å². The van der Waals surface area contributed by atoms with E-state index in [1.807, 2.05) is 24.3 Å². The summed E-state index contributed by atoms with van der Waals surface area (Å²) in [5.74, 6) is 4.83. The monoisotopic (exact) mass is 539 g/mol. The van der Waals surface area contributed by atoms with E-state index in [4.69, 9.17) is 19.5 Å². The number of carboxylic acid groups (broad SMARTS) is 1. The summed E-state index contributed by atoms with van der Waals surface area (Å²) in [6, 6.07) is 19.6. The summed E-state index contributed by atoms with van der Waals surface area (Å²) in [5, 5.41) is 23.2. The highest BCUT2D eigenvalue weighted by Crippen LogP contribution is 2.32. The quantitative estimate of drug-likeness (QED) is 0.165. The average Bonchev–Trinajstić information content (AvgIpc) is 3.37. The predicted octanol–water partition coefficient (Wildman–Crippen LogP) is 4.17. The van der Waals surface area contributed by atoms with Crippen molar-refractivity contribution < 1.29 is 38.5 Å². The molecule has 1 saturated heterocycles. The number of ketones is 1. The molecule has 1 fully saturated rings. The van der Waals surface area contributed by atoms with Crippen molar-refractivity contribution in [3.8, 4) is 23.7 Å². The summed E-state index contributed by atoms with van der Waals surface area (Å²) < 4.78 is 15.5. The predicted molar refractivity (Wildman–Crippen MR) is 141 cm³/mol. The lowest BCUT2D eigenvalue weighted by Crippen LogP contribution is -2.21. The molecule has 11 nitrogen and oxygen atoms in total. The SMILES string of the molecule is N#Cc1cccc(C(=O)CC(=O)Nc2cc(C#Cc3ccccc3)c(OCC3COC(=O)O3)cc2NC(=O)O)c1. The summed E-state index contributed by atoms with van der Waals surface area (Å²) in [6.45, 7) is -0.107. The Labute approximate surface area is 228 Å². The molecule has 11 heteroatoms.